The molecule has 0 N–H and O–H groups in total. The van der Waals surface area contributed by atoms with E-state index < -0.39 is 0 Å². The summed E-state index contributed by atoms with van der Waals surface area (Å²) in [4.78, 5) is 0. The Morgan fingerprint density at radius 2 is 1.75 bits per heavy atom. The quantitative estimate of drug-likeness (QED) is 0.492. The average molecular weight is 219 g/mol. The van der Waals surface area contributed by atoms with Crippen LogP contribution in [0.25, 0.3) is 0 Å². The van der Waals surface area contributed by atoms with Crippen LogP contribution in [-0.4, -0.2) is 21.1 Å². The standard InChI is InChI=1S/C4H9.C3H7.Sn/c1-3-4-2;1-3-2;/h1,3-4H2,2H3;1,3H2,2H3;/q;;+2. The van der Waals surface area contributed by atoms with Gasteiger partial charge in [0.25, 0.3) is 0 Å². The first-order valence-corrected chi connectivity index (χ1v) is 7.66. The second kappa shape index (κ2) is 7.80. The van der Waals surface area contributed by atoms with E-state index in [-0.39, 0.29) is 21.1 Å². The summed E-state index contributed by atoms with van der Waals surface area (Å²) in [5.74, 6) is 0. The summed E-state index contributed by atoms with van der Waals surface area (Å²) in [6.45, 7) is 4.58. The Balaban J connectivity index is 2.53. The summed E-state index contributed by atoms with van der Waals surface area (Å²) >= 11 is 0.165. The van der Waals surface area contributed by atoms with Crippen LogP contribution in [-0.2, 0) is 0 Å². The van der Waals surface area contributed by atoms with Gasteiger partial charge in [-0.2, -0.15) is 0 Å². The zero-order valence-electron chi connectivity index (χ0n) is 6.04. The molecule has 0 nitrogen and oxygen atoms in total. The first kappa shape index (κ1) is 8.80. The third kappa shape index (κ3) is 6.80. The van der Waals surface area contributed by atoms with Gasteiger partial charge in [0.05, 0.1) is 0 Å². The zero-order chi connectivity index (χ0) is 6.24. The van der Waals surface area contributed by atoms with Crippen molar-refractivity contribution in [2.24, 2.45) is 0 Å². The molecule has 0 aliphatic rings. The van der Waals surface area contributed by atoms with Crippen molar-refractivity contribution in [3.63, 3.8) is 0 Å². The van der Waals surface area contributed by atoms with Crippen LogP contribution in [0.1, 0.15) is 33.1 Å². The molecule has 0 bridgehead atoms. The molecule has 0 saturated carbocycles. The zero-order valence-corrected chi connectivity index (χ0v) is 8.89. The van der Waals surface area contributed by atoms with Crippen LogP contribution < -0.4 is 0 Å². The Morgan fingerprint density at radius 1 is 1.00 bits per heavy atom. The second-order valence-electron chi connectivity index (χ2n) is 2.10. The number of unbranched alkanes of at least 4 members (excludes halogenated alkanes) is 1. The maximum absolute atomic E-state index is 2.30. The predicted octanol–water partition coefficient (Wildman–Crippen LogP) is 2.74. The molecule has 0 aromatic heterocycles. The normalized spacial score (nSPS) is 8.75. The van der Waals surface area contributed by atoms with Crippen molar-refractivity contribution in [3.05, 3.63) is 0 Å². The minimum atomic E-state index is 0.165. The molecule has 0 aliphatic heterocycles. The van der Waals surface area contributed by atoms with Gasteiger partial charge in [-0.3, -0.25) is 0 Å². The van der Waals surface area contributed by atoms with Crippen molar-refractivity contribution in [2.75, 3.05) is 0 Å². The summed E-state index contributed by atoms with van der Waals surface area (Å²) < 4.78 is 3.22. The fourth-order valence-corrected chi connectivity index (χ4v) is 4.05. The summed E-state index contributed by atoms with van der Waals surface area (Å²) in [5.41, 5.74) is 0. The van der Waals surface area contributed by atoms with Crippen LogP contribution in [0, 0.1) is 0 Å². The Labute approximate surface area is 63.3 Å². The van der Waals surface area contributed by atoms with E-state index in [0.717, 1.165) is 0 Å². The van der Waals surface area contributed by atoms with Crippen molar-refractivity contribution >= 4 is 21.1 Å². The number of rotatable bonds is 5. The molecular weight excluding hydrogens is 203 g/mol. The van der Waals surface area contributed by atoms with Crippen LogP contribution in [0.3, 0.4) is 0 Å². The molecule has 0 unspecified atom stereocenters. The first-order chi connectivity index (χ1) is 3.91. The fourth-order valence-electron chi connectivity index (χ4n) is 0.604. The molecule has 0 atom stereocenters. The molecule has 0 aromatic rings. The number of hydrogen-bond acceptors (Lipinski definition) is 0. The fraction of sp³-hybridized carbons (Fsp3) is 1.00. The molecule has 0 heterocycles. The molecule has 0 radical (unpaired) electrons. The van der Waals surface area contributed by atoms with E-state index >= 15 is 0 Å². The Bertz CT molecular complexity index is 29.4. The van der Waals surface area contributed by atoms with Crippen LogP contribution in [0.2, 0.25) is 8.87 Å². The molecule has 0 fully saturated rings. The van der Waals surface area contributed by atoms with Gasteiger partial charge in [-0.05, 0) is 0 Å². The van der Waals surface area contributed by atoms with E-state index in [4.69, 9.17) is 0 Å². The Morgan fingerprint density at radius 3 is 2.25 bits per heavy atom. The minimum absolute atomic E-state index is 0.165. The van der Waals surface area contributed by atoms with Gasteiger partial charge in [0.2, 0.25) is 0 Å². The van der Waals surface area contributed by atoms with Crippen molar-refractivity contribution in [1.82, 2.24) is 0 Å². The monoisotopic (exact) mass is 220 g/mol. The SMILES string of the molecule is CCC[CH2][Sn+2][CH2]CC. The third-order valence-electron chi connectivity index (χ3n) is 1.13. The topological polar surface area (TPSA) is 0 Å². The molecule has 0 aromatic carbocycles. The molecule has 0 amide bonds. The molecule has 8 heavy (non-hydrogen) atoms. The van der Waals surface area contributed by atoms with E-state index in [1.54, 1.807) is 8.87 Å². The second-order valence-corrected chi connectivity index (χ2v) is 6.38. The van der Waals surface area contributed by atoms with Crippen molar-refractivity contribution in [3.8, 4) is 0 Å². The van der Waals surface area contributed by atoms with Crippen LogP contribution in [0.5, 0.6) is 0 Å². The molecule has 1 heteroatoms. The summed E-state index contributed by atoms with van der Waals surface area (Å²) in [7, 11) is 0. The van der Waals surface area contributed by atoms with Crippen LogP contribution in [0.4, 0.5) is 0 Å². The van der Waals surface area contributed by atoms with Gasteiger partial charge < -0.3 is 0 Å². The van der Waals surface area contributed by atoms with Gasteiger partial charge in [-0.15, -0.1) is 0 Å². The van der Waals surface area contributed by atoms with Gasteiger partial charge in [0.15, 0.2) is 0 Å². The van der Waals surface area contributed by atoms with E-state index in [9.17, 15) is 0 Å². The van der Waals surface area contributed by atoms with E-state index in [1.807, 2.05) is 0 Å². The summed E-state index contributed by atoms with van der Waals surface area (Å²) in [6, 6.07) is 0. The molecule has 0 aliphatic carbocycles. The van der Waals surface area contributed by atoms with E-state index in [2.05, 4.69) is 13.8 Å². The van der Waals surface area contributed by atoms with E-state index in [0.29, 0.717) is 0 Å². The maximum atomic E-state index is 2.30. The molecule has 0 spiro atoms. The van der Waals surface area contributed by atoms with Gasteiger partial charge in [0, 0.05) is 0 Å². The Hall–Kier alpha value is 0.799. The molecule has 0 saturated heterocycles. The van der Waals surface area contributed by atoms with Gasteiger partial charge in [-0.1, -0.05) is 0 Å². The Kier molecular flexibility index (Phi) is 8.58. The van der Waals surface area contributed by atoms with Crippen molar-refractivity contribution in [1.29, 1.82) is 0 Å². The molecule has 46 valence electrons. The van der Waals surface area contributed by atoms with Crippen LogP contribution >= 0.6 is 0 Å². The van der Waals surface area contributed by atoms with Crippen molar-refractivity contribution < 1.29 is 0 Å². The third-order valence-corrected chi connectivity index (χ3v) is 5.59. The first-order valence-electron chi connectivity index (χ1n) is 3.62. The predicted molar refractivity (Wildman–Crippen MR) is 40.6 cm³/mol. The number of hydrogen-bond donors (Lipinski definition) is 0. The summed E-state index contributed by atoms with van der Waals surface area (Å²) in [6.07, 6.45) is 4.35. The van der Waals surface area contributed by atoms with Gasteiger partial charge >= 0.3 is 63.1 Å². The van der Waals surface area contributed by atoms with E-state index in [1.165, 1.54) is 19.3 Å². The van der Waals surface area contributed by atoms with Crippen molar-refractivity contribution in [2.45, 2.75) is 42.0 Å². The van der Waals surface area contributed by atoms with Gasteiger partial charge in [-0.25, -0.2) is 0 Å². The van der Waals surface area contributed by atoms with Gasteiger partial charge in [0.1, 0.15) is 0 Å². The van der Waals surface area contributed by atoms with Crippen LogP contribution in [0.15, 0.2) is 0 Å². The average Bonchev–Trinajstić information content (AvgIpc) is 1.81. The molecular formula is C7H16Sn+2. The molecule has 0 rings (SSSR count). The summed E-state index contributed by atoms with van der Waals surface area (Å²) in [5, 5.41) is 0.